The lowest BCUT2D eigenvalue weighted by Gasteiger charge is -2.37. The van der Waals surface area contributed by atoms with Crippen molar-refractivity contribution in [2.24, 2.45) is 0 Å². The van der Waals surface area contributed by atoms with Crippen molar-refractivity contribution in [2.45, 2.75) is 20.3 Å². The molecule has 1 aliphatic rings. The van der Waals surface area contributed by atoms with E-state index in [0.717, 1.165) is 55.6 Å². The fraction of sp³-hybridized carbons (Fsp3) is 0.438. The minimum Gasteiger partial charge on any atom is -0.367 e. The van der Waals surface area contributed by atoms with Gasteiger partial charge in [-0.3, -0.25) is 4.98 Å². The maximum Gasteiger partial charge on any atom is 0.132 e. The van der Waals surface area contributed by atoms with Gasteiger partial charge in [-0.05, 0) is 19.4 Å². The Morgan fingerprint density at radius 1 is 1.14 bits per heavy atom. The average Bonchev–Trinajstić information content (AvgIpc) is 2.55. The number of piperazine rings is 1. The number of aryl methyl sites for hydroxylation is 2. The average molecular weight is 318 g/mol. The zero-order chi connectivity index (χ0) is 15.5. The van der Waals surface area contributed by atoms with E-state index in [1.165, 1.54) is 0 Å². The first-order chi connectivity index (χ1) is 10.7. The Morgan fingerprint density at radius 2 is 1.86 bits per heavy atom. The lowest BCUT2D eigenvalue weighted by Crippen LogP contribution is -2.47. The van der Waals surface area contributed by atoms with E-state index in [1.54, 1.807) is 12.4 Å². The van der Waals surface area contributed by atoms with Crippen molar-refractivity contribution in [3.63, 3.8) is 0 Å². The van der Waals surface area contributed by atoms with Crippen LogP contribution in [0.4, 0.5) is 11.5 Å². The van der Waals surface area contributed by atoms with Gasteiger partial charge in [0.25, 0.3) is 0 Å². The molecule has 0 unspecified atom stereocenters. The molecule has 1 fully saturated rings. The van der Waals surface area contributed by atoms with Crippen molar-refractivity contribution in [2.75, 3.05) is 36.0 Å². The van der Waals surface area contributed by atoms with Crippen LogP contribution in [0.3, 0.4) is 0 Å². The quantitative estimate of drug-likeness (QED) is 0.871. The van der Waals surface area contributed by atoms with Gasteiger partial charge in [0, 0.05) is 50.3 Å². The summed E-state index contributed by atoms with van der Waals surface area (Å²) in [6.07, 6.45) is 4.42. The van der Waals surface area contributed by atoms with Crippen LogP contribution in [0, 0.1) is 6.92 Å². The van der Waals surface area contributed by atoms with Crippen molar-refractivity contribution >= 4 is 23.1 Å². The fourth-order valence-corrected chi connectivity index (χ4v) is 2.99. The van der Waals surface area contributed by atoms with Gasteiger partial charge in [0.2, 0.25) is 0 Å². The largest absolute Gasteiger partial charge is 0.367 e. The third-order valence-electron chi connectivity index (χ3n) is 3.94. The molecule has 0 atom stereocenters. The molecule has 2 aromatic rings. The molecule has 3 heterocycles. The molecule has 0 saturated carbocycles. The van der Waals surface area contributed by atoms with E-state index >= 15 is 0 Å². The van der Waals surface area contributed by atoms with Gasteiger partial charge < -0.3 is 9.80 Å². The van der Waals surface area contributed by atoms with Gasteiger partial charge in [-0.25, -0.2) is 9.97 Å². The number of pyridine rings is 1. The molecule has 116 valence electrons. The molecule has 5 nitrogen and oxygen atoms in total. The van der Waals surface area contributed by atoms with E-state index in [9.17, 15) is 0 Å². The second-order valence-electron chi connectivity index (χ2n) is 5.42. The van der Waals surface area contributed by atoms with E-state index in [4.69, 9.17) is 11.6 Å². The fourth-order valence-electron chi connectivity index (χ4n) is 2.76. The Kier molecular flexibility index (Phi) is 4.43. The Balaban J connectivity index is 1.72. The third-order valence-corrected chi connectivity index (χ3v) is 4.23. The van der Waals surface area contributed by atoms with Crippen molar-refractivity contribution in [3.05, 3.63) is 41.1 Å². The predicted molar refractivity (Wildman–Crippen MR) is 89.8 cm³/mol. The standard InChI is InChI=1S/C16H20ClN5/c1-3-13-10-16(20-12(2)19-13)22-8-6-21(7-9-22)15-4-5-18-11-14(15)17/h4-5,10-11H,3,6-9H2,1-2H3. The summed E-state index contributed by atoms with van der Waals surface area (Å²) in [5.74, 6) is 1.87. The molecule has 0 spiro atoms. The number of aromatic nitrogens is 3. The molecule has 0 aliphatic carbocycles. The molecular weight excluding hydrogens is 298 g/mol. The highest BCUT2D eigenvalue weighted by Gasteiger charge is 2.20. The Bertz CT molecular complexity index is 653. The third kappa shape index (κ3) is 3.14. The van der Waals surface area contributed by atoms with Crippen molar-refractivity contribution in [1.29, 1.82) is 0 Å². The maximum absolute atomic E-state index is 6.23. The van der Waals surface area contributed by atoms with Crippen molar-refractivity contribution in [3.8, 4) is 0 Å². The molecular formula is C16H20ClN5. The lowest BCUT2D eigenvalue weighted by atomic mass is 10.2. The van der Waals surface area contributed by atoms with Gasteiger partial charge in [0.1, 0.15) is 11.6 Å². The van der Waals surface area contributed by atoms with E-state index in [1.807, 2.05) is 13.0 Å². The predicted octanol–water partition coefficient (Wildman–Crippen LogP) is 2.72. The highest BCUT2D eigenvalue weighted by molar-refractivity contribution is 6.33. The molecule has 1 saturated heterocycles. The normalized spacial score (nSPS) is 15.2. The first-order valence-electron chi connectivity index (χ1n) is 7.61. The summed E-state index contributed by atoms with van der Waals surface area (Å²) in [6.45, 7) is 7.78. The monoisotopic (exact) mass is 317 g/mol. The van der Waals surface area contributed by atoms with Crippen LogP contribution in [0.1, 0.15) is 18.4 Å². The second kappa shape index (κ2) is 6.48. The zero-order valence-corrected chi connectivity index (χ0v) is 13.7. The number of nitrogens with zero attached hydrogens (tertiary/aromatic N) is 5. The maximum atomic E-state index is 6.23. The van der Waals surface area contributed by atoms with Gasteiger partial charge in [-0.15, -0.1) is 0 Å². The minimum absolute atomic E-state index is 0.710. The van der Waals surface area contributed by atoms with Crippen LogP contribution in [0.15, 0.2) is 24.5 Å². The van der Waals surface area contributed by atoms with Crippen LogP contribution in [0.5, 0.6) is 0 Å². The molecule has 22 heavy (non-hydrogen) atoms. The smallest absolute Gasteiger partial charge is 0.132 e. The molecule has 3 rings (SSSR count). The summed E-state index contributed by atoms with van der Waals surface area (Å²) in [5.41, 5.74) is 2.16. The molecule has 0 radical (unpaired) electrons. The van der Waals surface area contributed by atoms with Gasteiger partial charge >= 0.3 is 0 Å². The van der Waals surface area contributed by atoms with Crippen LogP contribution in [-0.2, 0) is 6.42 Å². The van der Waals surface area contributed by atoms with Crippen LogP contribution < -0.4 is 9.80 Å². The second-order valence-corrected chi connectivity index (χ2v) is 5.83. The number of anilines is 2. The zero-order valence-electron chi connectivity index (χ0n) is 13.0. The Labute approximate surface area is 136 Å². The molecule has 2 aromatic heterocycles. The highest BCUT2D eigenvalue weighted by Crippen LogP contribution is 2.26. The number of hydrogen-bond acceptors (Lipinski definition) is 5. The van der Waals surface area contributed by atoms with Crippen molar-refractivity contribution in [1.82, 2.24) is 15.0 Å². The summed E-state index contributed by atoms with van der Waals surface area (Å²) in [4.78, 5) is 17.7. The van der Waals surface area contributed by atoms with Crippen molar-refractivity contribution < 1.29 is 0 Å². The van der Waals surface area contributed by atoms with Gasteiger partial charge in [-0.1, -0.05) is 18.5 Å². The Morgan fingerprint density at radius 3 is 2.55 bits per heavy atom. The molecule has 0 aromatic carbocycles. The van der Waals surface area contributed by atoms with E-state index in [-0.39, 0.29) is 0 Å². The first kappa shape index (κ1) is 15.0. The van der Waals surface area contributed by atoms with Crippen LogP contribution in [-0.4, -0.2) is 41.1 Å². The SMILES string of the molecule is CCc1cc(N2CCN(c3ccncc3Cl)CC2)nc(C)n1. The summed E-state index contributed by atoms with van der Waals surface area (Å²) >= 11 is 6.23. The summed E-state index contributed by atoms with van der Waals surface area (Å²) < 4.78 is 0. The lowest BCUT2D eigenvalue weighted by molar-refractivity contribution is 0.644. The van der Waals surface area contributed by atoms with E-state index in [2.05, 4.69) is 37.7 Å². The van der Waals surface area contributed by atoms with Gasteiger partial charge in [-0.2, -0.15) is 0 Å². The summed E-state index contributed by atoms with van der Waals surface area (Å²) in [7, 11) is 0. The molecule has 0 amide bonds. The van der Waals surface area contributed by atoms with Crippen LogP contribution >= 0.6 is 11.6 Å². The number of hydrogen-bond donors (Lipinski definition) is 0. The molecule has 1 aliphatic heterocycles. The minimum atomic E-state index is 0.710. The van der Waals surface area contributed by atoms with E-state index < -0.39 is 0 Å². The van der Waals surface area contributed by atoms with Crippen LogP contribution in [0.2, 0.25) is 5.02 Å². The molecule has 0 N–H and O–H groups in total. The van der Waals surface area contributed by atoms with Gasteiger partial charge in [0.05, 0.1) is 10.7 Å². The Hall–Kier alpha value is -1.88. The summed E-state index contributed by atoms with van der Waals surface area (Å²) in [5, 5.41) is 0.710. The molecule has 0 bridgehead atoms. The molecule has 6 heteroatoms. The van der Waals surface area contributed by atoms with Crippen LogP contribution in [0.25, 0.3) is 0 Å². The number of halogens is 1. The topological polar surface area (TPSA) is 45.2 Å². The first-order valence-corrected chi connectivity index (χ1v) is 7.99. The summed E-state index contributed by atoms with van der Waals surface area (Å²) in [6, 6.07) is 4.07. The van der Waals surface area contributed by atoms with Gasteiger partial charge in [0.15, 0.2) is 0 Å². The van der Waals surface area contributed by atoms with E-state index in [0.29, 0.717) is 5.02 Å². The number of rotatable bonds is 3. The highest BCUT2D eigenvalue weighted by atomic mass is 35.5.